The molecule has 3 aromatic rings. The number of rotatable bonds is 3. The zero-order chi connectivity index (χ0) is 16.7. The van der Waals surface area contributed by atoms with Crippen molar-refractivity contribution in [1.29, 1.82) is 0 Å². The van der Waals surface area contributed by atoms with E-state index in [-0.39, 0.29) is 12.2 Å². The molecular weight excluding hydrogens is 309 g/mol. The van der Waals surface area contributed by atoms with E-state index in [2.05, 4.69) is 28.0 Å². The van der Waals surface area contributed by atoms with E-state index in [0.717, 1.165) is 18.7 Å². The van der Waals surface area contributed by atoms with Crippen LogP contribution in [0.4, 0.5) is 4.39 Å². The van der Waals surface area contributed by atoms with Crippen molar-refractivity contribution in [3.8, 4) is 0 Å². The van der Waals surface area contributed by atoms with Gasteiger partial charge in [0.25, 0.3) is 0 Å². The highest BCUT2D eigenvalue weighted by atomic mass is 19.1. The maximum absolute atomic E-state index is 14.0. The summed E-state index contributed by atoms with van der Waals surface area (Å²) in [6.45, 7) is 1.94. The molecule has 122 valence electrons. The van der Waals surface area contributed by atoms with Crippen molar-refractivity contribution in [2.45, 2.75) is 19.7 Å². The highest BCUT2D eigenvalue weighted by molar-refractivity contribution is 5.93. The number of H-pyrrole nitrogens is 1. The zero-order valence-corrected chi connectivity index (χ0v) is 13.2. The van der Waals surface area contributed by atoms with Gasteiger partial charge in [0.1, 0.15) is 12.4 Å². The number of nitrogens with zero attached hydrogens (tertiary/aromatic N) is 2. The molecule has 0 unspecified atom stereocenters. The Hall–Kier alpha value is -2.73. The van der Waals surface area contributed by atoms with Gasteiger partial charge < -0.3 is 9.72 Å². The molecule has 1 aliphatic heterocycles. The Morgan fingerprint density at radius 1 is 1.29 bits per heavy atom. The summed E-state index contributed by atoms with van der Waals surface area (Å²) in [5, 5.41) is 0. The second kappa shape index (κ2) is 5.72. The topological polar surface area (TPSA) is 58.2 Å². The van der Waals surface area contributed by atoms with E-state index in [9.17, 15) is 9.18 Å². The Labute approximate surface area is 138 Å². The molecule has 0 atom stereocenters. The molecule has 24 heavy (non-hydrogen) atoms. The van der Waals surface area contributed by atoms with Gasteiger partial charge in [0.15, 0.2) is 0 Å². The molecule has 1 N–H and O–H groups in total. The van der Waals surface area contributed by atoms with Crippen molar-refractivity contribution in [3.05, 3.63) is 64.7 Å². The van der Waals surface area contributed by atoms with Crippen LogP contribution in [0, 0.1) is 5.82 Å². The molecule has 1 aliphatic rings. The molecule has 0 aliphatic carbocycles. The maximum atomic E-state index is 14.0. The third-order valence-corrected chi connectivity index (χ3v) is 4.25. The van der Waals surface area contributed by atoms with Gasteiger partial charge in [0.2, 0.25) is 0 Å². The molecule has 0 radical (unpaired) electrons. The second-order valence-electron chi connectivity index (χ2n) is 6.10. The molecule has 0 saturated carbocycles. The number of esters is 1. The minimum atomic E-state index is -0.685. The summed E-state index contributed by atoms with van der Waals surface area (Å²) in [4.78, 5) is 21.2. The van der Waals surface area contributed by atoms with Crippen molar-refractivity contribution in [3.63, 3.8) is 0 Å². The largest absolute Gasteiger partial charge is 0.457 e. The first-order chi connectivity index (χ1) is 11.6. The van der Waals surface area contributed by atoms with Crippen LogP contribution in [0.5, 0.6) is 0 Å². The van der Waals surface area contributed by atoms with Crippen molar-refractivity contribution in [1.82, 2.24) is 14.9 Å². The fourth-order valence-corrected chi connectivity index (χ4v) is 3.05. The van der Waals surface area contributed by atoms with E-state index in [1.165, 1.54) is 29.6 Å². The zero-order valence-electron chi connectivity index (χ0n) is 13.2. The lowest BCUT2D eigenvalue weighted by Gasteiger charge is -2.07. The van der Waals surface area contributed by atoms with Crippen molar-refractivity contribution in [2.75, 3.05) is 7.05 Å². The maximum Gasteiger partial charge on any atom is 0.341 e. The lowest BCUT2D eigenvalue weighted by molar-refractivity contribution is 0.0467. The number of imidazole rings is 1. The van der Waals surface area contributed by atoms with Crippen molar-refractivity contribution >= 4 is 17.0 Å². The quantitative estimate of drug-likeness (QED) is 0.752. The van der Waals surface area contributed by atoms with Crippen LogP contribution in [0.25, 0.3) is 11.0 Å². The van der Waals surface area contributed by atoms with Crippen LogP contribution >= 0.6 is 0 Å². The Kier molecular flexibility index (Phi) is 3.54. The van der Waals surface area contributed by atoms with Gasteiger partial charge in [-0.25, -0.2) is 14.2 Å². The molecular formula is C18H16FN3O2. The molecule has 2 heterocycles. The number of nitrogens with one attached hydrogen (secondary N) is 1. The SMILES string of the molecule is CN1Cc2ccc(COC(=O)c3cc4nc[nH]c4cc3F)cc2C1. The van der Waals surface area contributed by atoms with Crippen LogP contribution < -0.4 is 0 Å². The summed E-state index contributed by atoms with van der Waals surface area (Å²) in [7, 11) is 2.06. The number of aromatic amines is 1. The summed E-state index contributed by atoms with van der Waals surface area (Å²) in [5.74, 6) is -1.30. The van der Waals surface area contributed by atoms with E-state index < -0.39 is 11.8 Å². The molecule has 2 aromatic carbocycles. The van der Waals surface area contributed by atoms with E-state index in [1.54, 1.807) is 0 Å². The van der Waals surface area contributed by atoms with E-state index in [0.29, 0.717) is 11.0 Å². The van der Waals surface area contributed by atoms with Crippen LogP contribution in [0.1, 0.15) is 27.0 Å². The predicted octanol–water partition coefficient (Wildman–Crippen LogP) is 3.00. The number of aromatic nitrogens is 2. The molecule has 0 amide bonds. The highest BCUT2D eigenvalue weighted by Gasteiger charge is 2.18. The number of ether oxygens (including phenoxy) is 1. The van der Waals surface area contributed by atoms with Gasteiger partial charge >= 0.3 is 5.97 Å². The second-order valence-corrected chi connectivity index (χ2v) is 6.10. The predicted molar refractivity (Wildman–Crippen MR) is 86.8 cm³/mol. The number of fused-ring (bicyclic) bond motifs is 2. The molecule has 1 aromatic heterocycles. The minimum Gasteiger partial charge on any atom is -0.457 e. The van der Waals surface area contributed by atoms with Gasteiger partial charge in [-0.15, -0.1) is 0 Å². The standard InChI is InChI=1S/C18H16FN3O2/c1-22-7-12-3-2-11(4-13(12)8-22)9-24-18(23)14-5-16-17(6-15(14)19)21-10-20-16/h2-6,10H,7-9H2,1H3,(H,20,21). The third-order valence-electron chi connectivity index (χ3n) is 4.25. The molecule has 4 rings (SSSR count). The number of carbonyl (C=O) groups excluding carboxylic acids is 1. The minimum absolute atomic E-state index is 0.101. The number of benzene rings is 2. The van der Waals surface area contributed by atoms with E-state index in [4.69, 9.17) is 4.74 Å². The first-order valence-electron chi connectivity index (χ1n) is 7.69. The van der Waals surface area contributed by atoms with Crippen LogP contribution in [-0.2, 0) is 24.4 Å². The number of halogens is 1. The van der Waals surface area contributed by atoms with Gasteiger partial charge in [-0.2, -0.15) is 0 Å². The van der Waals surface area contributed by atoms with Crippen LogP contribution in [-0.4, -0.2) is 27.9 Å². The van der Waals surface area contributed by atoms with Gasteiger partial charge in [-0.1, -0.05) is 18.2 Å². The van der Waals surface area contributed by atoms with Gasteiger partial charge in [-0.05, 0) is 29.8 Å². The van der Waals surface area contributed by atoms with Crippen molar-refractivity contribution < 1.29 is 13.9 Å². The first kappa shape index (κ1) is 14.8. The monoisotopic (exact) mass is 325 g/mol. The summed E-state index contributed by atoms with van der Waals surface area (Å²) in [6.07, 6.45) is 1.46. The summed E-state index contributed by atoms with van der Waals surface area (Å²) in [6, 6.07) is 8.70. The van der Waals surface area contributed by atoms with Crippen LogP contribution in [0.2, 0.25) is 0 Å². The number of hydrogen-bond donors (Lipinski definition) is 1. The average molecular weight is 325 g/mol. The average Bonchev–Trinajstić information content (AvgIpc) is 3.15. The molecule has 0 bridgehead atoms. The lowest BCUT2D eigenvalue weighted by atomic mass is 10.1. The van der Waals surface area contributed by atoms with Gasteiger partial charge in [0, 0.05) is 19.2 Å². The molecule has 0 spiro atoms. The Morgan fingerprint density at radius 2 is 2.12 bits per heavy atom. The van der Waals surface area contributed by atoms with Gasteiger partial charge in [0.05, 0.1) is 22.9 Å². The summed E-state index contributed by atoms with van der Waals surface area (Å²) >= 11 is 0. The Morgan fingerprint density at radius 3 is 3.00 bits per heavy atom. The molecule has 6 heteroatoms. The van der Waals surface area contributed by atoms with E-state index in [1.807, 2.05) is 12.1 Å². The fourth-order valence-electron chi connectivity index (χ4n) is 3.05. The highest BCUT2D eigenvalue weighted by Crippen LogP contribution is 2.23. The number of carbonyl (C=O) groups is 1. The van der Waals surface area contributed by atoms with Crippen LogP contribution in [0.15, 0.2) is 36.7 Å². The fraction of sp³-hybridized carbons (Fsp3) is 0.222. The molecule has 0 saturated heterocycles. The third kappa shape index (κ3) is 2.65. The Bertz CT molecular complexity index is 935. The summed E-state index contributed by atoms with van der Waals surface area (Å²) < 4.78 is 19.3. The van der Waals surface area contributed by atoms with Crippen molar-refractivity contribution in [2.24, 2.45) is 0 Å². The number of hydrogen-bond acceptors (Lipinski definition) is 4. The first-order valence-corrected chi connectivity index (χ1v) is 7.69. The lowest BCUT2D eigenvalue weighted by Crippen LogP contribution is -2.08. The molecule has 5 nitrogen and oxygen atoms in total. The molecule has 0 fully saturated rings. The normalized spacial score (nSPS) is 14.1. The summed E-state index contributed by atoms with van der Waals surface area (Å²) in [5.41, 5.74) is 4.42. The Balaban J connectivity index is 1.50. The van der Waals surface area contributed by atoms with Gasteiger partial charge in [-0.3, -0.25) is 4.90 Å². The smallest absolute Gasteiger partial charge is 0.341 e. The van der Waals surface area contributed by atoms with Crippen LogP contribution in [0.3, 0.4) is 0 Å². The van der Waals surface area contributed by atoms with E-state index >= 15 is 0 Å².